The fourth-order valence-electron chi connectivity index (χ4n) is 3.98. The van der Waals surface area contributed by atoms with Crippen LogP contribution in [0.3, 0.4) is 0 Å². The molecule has 0 saturated heterocycles. The van der Waals surface area contributed by atoms with Gasteiger partial charge in [0.05, 0.1) is 19.2 Å². The second-order valence-electron chi connectivity index (χ2n) is 6.65. The van der Waals surface area contributed by atoms with Crippen molar-refractivity contribution in [2.24, 2.45) is 10.2 Å². The first-order valence-electron chi connectivity index (χ1n) is 8.27. The van der Waals surface area contributed by atoms with Gasteiger partial charge in [0.15, 0.2) is 11.3 Å². The van der Waals surface area contributed by atoms with E-state index in [0.717, 1.165) is 16.7 Å². The molecule has 126 valence electrons. The normalized spacial score (nSPS) is 23.9. The van der Waals surface area contributed by atoms with Crippen molar-refractivity contribution in [3.05, 3.63) is 70.3 Å². The van der Waals surface area contributed by atoms with E-state index in [4.69, 9.17) is 4.74 Å². The van der Waals surface area contributed by atoms with Crippen molar-refractivity contribution in [3.63, 3.8) is 0 Å². The fraction of sp³-hybridized carbons (Fsp3) is 0.300. The molecule has 1 spiro atoms. The lowest BCUT2D eigenvalue weighted by Gasteiger charge is -2.26. The van der Waals surface area contributed by atoms with Gasteiger partial charge in [-0.2, -0.15) is 10.2 Å². The Morgan fingerprint density at radius 3 is 2.84 bits per heavy atom. The van der Waals surface area contributed by atoms with Gasteiger partial charge in [0.1, 0.15) is 0 Å². The SMILES string of the molecule is COC(=O)c1ccccc1[C@@H]1CN=N[C@@]12Cc1cc(C)ccc1C2=O. The number of esters is 1. The molecule has 0 bridgehead atoms. The summed E-state index contributed by atoms with van der Waals surface area (Å²) in [6.07, 6.45) is 0.520. The van der Waals surface area contributed by atoms with Crippen molar-refractivity contribution in [2.75, 3.05) is 13.7 Å². The van der Waals surface area contributed by atoms with E-state index in [-0.39, 0.29) is 11.7 Å². The maximum absolute atomic E-state index is 13.2. The lowest BCUT2D eigenvalue weighted by atomic mass is 9.76. The monoisotopic (exact) mass is 334 g/mol. The summed E-state index contributed by atoms with van der Waals surface area (Å²) in [4.78, 5) is 25.4. The van der Waals surface area contributed by atoms with Gasteiger partial charge >= 0.3 is 5.97 Å². The highest BCUT2D eigenvalue weighted by molar-refractivity contribution is 6.09. The zero-order valence-electron chi connectivity index (χ0n) is 14.2. The topological polar surface area (TPSA) is 68.1 Å². The molecule has 25 heavy (non-hydrogen) atoms. The van der Waals surface area contributed by atoms with Gasteiger partial charge in [-0.3, -0.25) is 4.79 Å². The number of fused-ring (bicyclic) bond motifs is 1. The Morgan fingerprint density at radius 1 is 1.24 bits per heavy atom. The summed E-state index contributed by atoms with van der Waals surface area (Å²) in [5.41, 5.74) is 3.14. The Hall–Kier alpha value is -2.82. The van der Waals surface area contributed by atoms with E-state index in [9.17, 15) is 9.59 Å². The maximum atomic E-state index is 13.2. The number of hydrogen-bond donors (Lipinski definition) is 0. The van der Waals surface area contributed by atoms with Crippen molar-refractivity contribution in [1.29, 1.82) is 0 Å². The summed E-state index contributed by atoms with van der Waals surface area (Å²) < 4.78 is 4.91. The number of carbonyl (C=O) groups is 2. The van der Waals surface area contributed by atoms with Crippen molar-refractivity contribution in [3.8, 4) is 0 Å². The van der Waals surface area contributed by atoms with E-state index < -0.39 is 11.5 Å². The van der Waals surface area contributed by atoms with E-state index >= 15 is 0 Å². The fourth-order valence-corrected chi connectivity index (χ4v) is 3.98. The van der Waals surface area contributed by atoms with Crippen LogP contribution in [0.1, 0.15) is 43.3 Å². The molecule has 0 fully saturated rings. The molecule has 2 aromatic rings. The molecule has 0 unspecified atom stereocenters. The summed E-state index contributed by atoms with van der Waals surface area (Å²) in [7, 11) is 1.36. The van der Waals surface area contributed by atoms with Gasteiger partial charge in [-0.1, -0.05) is 42.0 Å². The minimum Gasteiger partial charge on any atom is -0.465 e. The van der Waals surface area contributed by atoms with Gasteiger partial charge in [-0.25, -0.2) is 4.79 Å². The van der Waals surface area contributed by atoms with Crippen LogP contribution < -0.4 is 0 Å². The molecule has 5 heteroatoms. The van der Waals surface area contributed by atoms with Gasteiger partial charge in [-0.05, 0) is 24.1 Å². The standard InChI is InChI=1S/C20H18N2O3/c1-12-7-8-14-13(9-12)10-20(18(14)23)17(11-21-22-20)15-5-3-4-6-16(15)19(24)25-2/h3-9,17H,10-11H2,1-2H3/t17-,20-/m0/s1. The molecule has 2 aromatic carbocycles. The van der Waals surface area contributed by atoms with E-state index in [0.29, 0.717) is 24.1 Å². The summed E-state index contributed by atoms with van der Waals surface area (Å²) in [6.45, 7) is 2.41. The zero-order chi connectivity index (χ0) is 17.6. The first-order valence-corrected chi connectivity index (χ1v) is 8.27. The Morgan fingerprint density at radius 2 is 2.04 bits per heavy atom. The third-order valence-electron chi connectivity index (χ3n) is 5.19. The first kappa shape index (κ1) is 15.7. The minimum absolute atomic E-state index is 0.00609. The molecule has 0 radical (unpaired) electrons. The number of hydrogen-bond acceptors (Lipinski definition) is 5. The predicted molar refractivity (Wildman–Crippen MR) is 92.2 cm³/mol. The molecule has 1 aliphatic carbocycles. The quantitative estimate of drug-likeness (QED) is 0.789. The molecule has 0 saturated carbocycles. The number of rotatable bonds is 2. The number of benzene rings is 2. The number of nitrogens with zero attached hydrogens (tertiary/aromatic N) is 2. The molecule has 0 N–H and O–H groups in total. The number of ether oxygens (including phenoxy) is 1. The maximum Gasteiger partial charge on any atom is 0.338 e. The van der Waals surface area contributed by atoms with Crippen LogP contribution in [0.4, 0.5) is 0 Å². The highest BCUT2D eigenvalue weighted by Gasteiger charge is 2.55. The second kappa shape index (κ2) is 5.62. The average molecular weight is 334 g/mol. The van der Waals surface area contributed by atoms with Crippen LogP contribution in [-0.2, 0) is 11.2 Å². The van der Waals surface area contributed by atoms with E-state index in [2.05, 4.69) is 10.2 Å². The van der Waals surface area contributed by atoms with Crippen molar-refractivity contribution in [1.82, 2.24) is 0 Å². The number of Topliss-reactive ketones (excluding diaryl/α,β-unsaturated/α-hetero) is 1. The Labute approximate surface area is 145 Å². The lowest BCUT2D eigenvalue weighted by molar-refractivity contribution is 0.0597. The predicted octanol–water partition coefficient (Wildman–Crippen LogP) is 3.51. The Balaban J connectivity index is 1.82. The molecule has 0 aromatic heterocycles. The van der Waals surface area contributed by atoms with Crippen LogP contribution in [0, 0.1) is 6.92 Å². The van der Waals surface area contributed by atoms with Crippen LogP contribution in [0.15, 0.2) is 52.7 Å². The van der Waals surface area contributed by atoms with Gasteiger partial charge in [0.2, 0.25) is 0 Å². The van der Waals surface area contributed by atoms with Crippen LogP contribution in [0.5, 0.6) is 0 Å². The number of methoxy groups -OCH3 is 1. The largest absolute Gasteiger partial charge is 0.465 e. The third kappa shape index (κ3) is 2.22. The lowest BCUT2D eigenvalue weighted by Crippen LogP contribution is -2.39. The van der Waals surface area contributed by atoms with E-state index in [1.54, 1.807) is 12.1 Å². The first-order chi connectivity index (χ1) is 12.1. The highest BCUT2D eigenvalue weighted by Crippen LogP contribution is 2.47. The molecule has 4 rings (SSSR count). The molecule has 1 heterocycles. The Kier molecular flexibility index (Phi) is 3.53. The molecular weight excluding hydrogens is 316 g/mol. The minimum atomic E-state index is -0.944. The molecule has 5 nitrogen and oxygen atoms in total. The van der Waals surface area contributed by atoms with Crippen LogP contribution >= 0.6 is 0 Å². The van der Waals surface area contributed by atoms with Gasteiger partial charge in [-0.15, -0.1) is 0 Å². The summed E-state index contributed by atoms with van der Waals surface area (Å²) in [6, 6.07) is 13.1. The summed E-state index contributed by atoms with van der Waals surface area (Å²) >= 11 is 0. The molecule has 2 aliphatic rings. The van der Waals surface area contributed by atoms with Crippen LogP contribution in [0.2, 0.25) is 0 Å². The average Bonchev–Trinajstić information content (AvgIpc) is 3.16. The second-order valence-corrected chi connectivity index (χ2v) is 6.65. The van der Waals surface area contributed by atoms with Crippen molar-refractivity contribution < 1.29 is 14.3 Å². The van der Waals surface area contributed by atoms with E-state index in [1.807, 2.05) is 37.3 Å². The smallest absolute Gasteiger partial charge is 0.338 e. The summed E-state index contributed by atoms with van der Waals surface area (Å²) in [5.74, 6) is -0.673. The van der Waals surface area contributed by atoms with E-state index in [1.165, 1.54) is 7.11 Å². The van der Waals surface area contributed by atoms with Crippen LogP contribution in [-0.4, -0.2) is 30.9 Å². The van der Waals surface area contributed by atoms with Crippen molar-refractivity contribution >= 4 is 11.8 Å². The third-order valence-corrected chi connectivity index (χ3v) is 5.19. The highest BCUT2D eigenvalue weighted by atomic mass is 16.5. The van der Waals surface area contributed by atoms with Gasteiger partial charge < -0.3 is 4.74 Å². The number of azo groups is 1. The molecule has 1 aliphatic heterocycles. The molecular formula is C20H18N2O3. The van der Waals surface area contributed by atoms with Gasteiger partial charge in [0, 0.05) is 17.9 Å². The number of ketones is 1. The van der Waals surface area contributed by atoms with Crippen molar-refractivity contribution in [2.45, 2.75) is 24.8 Å². The number of carbonyl (C=O) groups excluding carboxylic acids is 2. The number of aryl methyl sites for hydroxylation is 1. The molecule has 0 amide bonds. The molecule has 2 atom stereocenters. The Bertz CT molecular complexity index is 919. The van der Waals surface area contributed by atoms with Crippen LogP contribution in [0.25, 0.3) is 0 Å². The summed E-state index contributed by atoms with van der Waals surface area (Å²) in [5, 5.41) is 8.61. The zero-order valence-corrected chi connectivity index (χ0v) is 14.2. The van der Waals surface area contributed by atoms with Gasteiger partial charge in [0.25, 0.3) is 0 Å².